The molecule has 20 heavy (non-hydrogen) atoms. The number of benzene rings is 1. The van der Waals surface area contributed by atoms with Gasteiger partial charge < -0.3 is 14.8 Å². The van der Waals surface area contributed by atoms with Crippen molar-refractivity contribution in [2.24, 2.45) is 5.92 Å². The lowest BCUT2D eigenvalue weighted by Gasteiger charge is -2.17. The first-order valence-corrected chi connectivity index (χ1v) is 7.17. The highest BCUT2D eigenvalue weighted by Gasteiger charge is 2.10. The summed E-state index contributed by atoms with van der Waals surface area (Å²) in [7, 11) is 0. The Kier molecular flexibility index (Phi) is 5.39. The Morgan fingerprint density at radius 2 is 1.85 bits per heavy atom. The summed E-state index contributed by atoms with van der Waals surface area (Å²) in [6.45, 7) is 5.12. The van der Waals surface area contributed by atoms with Gasteiger partial charge in [0.15, 0.2) is 0 Å². The maximum absolute atomic E-state index is 9.34. The zero-order chi connectivity index (χ0) is 14.4. The van der Waals surface area contributed by atoms with E-state index in [1.165, 1.54) is 0 Å². The summed E-state index contributed by atoms with van der Waals surface area (Å²) in [6.07, 6.45) is 0.961. The fourth-order valence-electron chi connectivity index (χ4n) is 2.27. The molecule has 0 amide bonds. The van der Waals surface area contributed by atoms with E-state index in [1.54, 1.807) is 0 Å². The van der Waals surface area contributed by atoms with E-state index in [0.717, 1.165) is 23.5 Å². The molecule has 1 aromatic carbocycles. The molecule has 2 aromatic rings. The molecule has 0 aliphatic heterocycles. The Morgan fingerprint density at radius 3 is 2.50 bits per heavy atom. The average Bonchev–Trinajstić information content (AvgIpc) is 2.93. The fraction of sp³-hybridized carbons (Fsp3) is 0.412. The van der Waals surface area contributed by atoms with Gasteiger partial charge in [0.25, 0.3) is 0 Å². The van der Waals surface area contributed by atoms with Crippen LogP contribution in [0.25, 0.3) is 11.3 Å². The summed E-state index contributed by atoms with van der Waals surface area (Å²) >= 11 is 0. The summed E-state index contributed by atoms with van der Waals surface area (Å²) in [5, 5.41) is 12.7. The maximum atomic E-state index is 9.34. The van der Waals surface area contributed by atoms with Gasteiger partial charge in [0.2, 0.25) is 0 Å². The molecule has 1 atom stereocenters. The monoisotopic (exact) mass is 273 g/mol. The zero-order valence-corrected chi connectivity index (χ0v) is 12.2. The van der Waals surface area contributed by atoms with Crippen molar-refractivity contribution in [2.45, 2.75) is 32.9 Å². The van der Waals surface area contributed by atoms with Crippen LogP contribution in [0.2, 0.25) is 0 Å². The van der Waals surface area contributed by atoms with Crippen LogP contribution in [0.5, 0.6) is 0 Å². The number of aliphatic hydroxyl groups excluding tert-OH is 1. The van der Waals surface area contributed by atoms with Crippen molar-refractivity contribution in [3.05, 3.63) is 48.2 Å². The Labute approximate surface area is 120 Å². The predicted octanol–water partition coefficient (Wildman–Crippen LogP) is 3.44. The van der Waals surface area contributed by atoms with Crippen molar-refractivity contribution in [2.75, 3.05) is 6.61 Å². The van der Waals surface area contributed by atoms with E-state index in [1.807, 2.05) is 42.5 Å². The molecule has 2 rings (SSSR count). The first-order chi connectivity index (χ1) is 9.69. The Bertz CT molecular complexity index is 505. The van der Waals surface area contributed by atoms with Gasteiger partial charge in [0.05, 0.1) is 13.2 Å². The summed E-state index contributed by atoms with van der Waals surface area (Å²) in [6, 6.07) is 14.2. The molecule has 1 aromatic heterocycles. The second kappa shape index (κ2) is 7.27. The van der Waals surface area contributed by atoms with Crippen LogP contribution < -0.4 is 5.32 Å². The van der Waals surface area contributed by atoms with Crippen LogP contribution in [0.1, 0.15) is 26.0 Å². The van der Waals surface area contributed by atoms with Crippen molar-refractivity contribution in [3.8, 4) is 11.3 Å². The quantitative estimate of drug-likeness (QED) is 0.812. The van der Waals surface area contributed by atoms with E-state index in [9.17, 15) is 5.11 Å². The van der Waals surface area contributed by atoms with Gasteiger partial charge in [-0.2, -0.15) is 0 Å². The molecule has 108 valence electrons. The van der Waals surface area contributed by atoms with Crippen LogP contribution in [0.4, 0.5) is 0 Å². The minimum atomic E-state index is 0.125. The second-order valence-electron chi connectivity index (χ2n) is 5.52. The van der Waals surface area contributed by atoms with Crippen molar-refractivity contribution in [1.29, 1.82) is 0 Å². The maximum Gasteiger partial charge on any atom is 0.134 e. The first-order valence-electron chi connectivity index (χ1n) is 7.17. The minimum Gasteiger partial charge on any atom is -0.460 e. The van der Waals surface area contributed by atoms with Crippen molar-refractivity contribution < 1.29 is 9.52 Å². The largest absolute Gasteiger partial charge is 0.460 e. The molecule has 1 unspecified atom stereocenters. The van der Waals surface area contributed by atoms with Crippen LogP contribution in [0, 0.1) is 5.92 Å². The molecule has 0 saturated carbocycles. The first kappa shape index (κ1) is 14.8. The van der Waals surface area contributed by atoms with Gasteiger partial charge in [-0.3, -0.25) is 0 Å². The molecule has 0 aliphatic rings. The van der Waals surface area contributed by atoms with Gasteiger partial charge in [-0.05, 0) is 24.5 Å². The smallest absolute Gasteiger partial charge is 0.134 e. The van der Waals surface area contributed by atoms with E-state index in [2.05, 4.69) is 19.2 Å². The normalized spacial score (nSPS) is 12.8. The molecule has 0 aliphatic carbocycles. The van der Waals surface area contributed by atoms with Gasteiger partial charge in [-0.25, -0.2) is 0 Å². The number of rotatable bonds is 7. The summed E-state index contributed by atoms with van der Waals surface area (Å²) in [5.74, 6) is 2.34. The Hall–Kier alpha value is -1.58. The third-order valence-corrected chi connectivity index (χ3v) is 3.26. The highest BCUT2D eigenvalue weighted by molar-refractivity contribution is 5.57. The van der Waals surface area contributed by atoms with Gasteiger partial charge >= 0.3 is 0 Å². The third-order valence-electron chi connectivity index (χ3n) is 3.26. The lowest BCUT2D eigenvalue weighted by atomic mass is 10.0. The van der Waals surface area contributed by atoms with Gasteiger partial charge in [0.1, 0.15) is 11.5 Å². The molecule has 0 saturated heterocycles. The summed E-state index contributed by atoms with van der Waals surface area (Å²) < 4.78 is 5.83. The SMILES string of the molecule is CC(C)CC(CO)NCc1ccc(-c2ccccc2)o1. The van der Waals surface area contributed by atoms with Crippen molar-refractivity contribution in [1.82, 2.24) is 5.32 Å². The number of aliphatic hydroxyl groups is 1. The Balaban J connectivity index is 1.93. The molecule has 2 N–H and O–H groups in total. The van der Waals surface area contributed by atoms with Gasteiger partial charge in [-0.15, -0.1) is 0 Å². The number of furan rings is 1. The van der Waals surface area contributed by atoms with Gasteiger partial charge in [-0.1, -0.05) is 44.2 Å². The zero-order valence-electron chi connectivity index (χ0n) is 12.2. The molecular formula is C17H23NO2. The molecule has 1 heterocycles. The topological polar surface area (TPSA) is 45.4 Å². The van der Waals surface area contributed by atoms with E-state index in [4.69, 9.17) is 4.42 Å². The van der Waals surface area contributed by atoms with E-state index >= 15 is 0 Å². The lowest BCUT2D eigenvalue weighted by molar-refractivity contribution is 0.221. The van der Waals surface area contributed by atoms with E-state index < -0.39 is 0 Å². The van der Waals surface area contributed by atoms with Gasteiger partial charge in [0, 0.05) is 11.6 Å². The minimum absolute atomic E-state index is 0.125. The number of hydrogen-bond donors (Lipinski definition) is 2. The Morgan fingerprint density at radius 1 is 1.10 bits per heavy atom. The number of nitrogens with one attached hydrogen (secondary N) is 1. The van der Waals surface area contributed by atoms with Crippen molar-refractivity contribution >= 4 is 0 Å². The molecule has 0 fully saturated rings. The molecule has 3 nitrogen and oxygen atoms in total. The van der Waals surface area contributed by atoms with E-state index in [-0.39, 0.29) is 12.6 Å². The van der Waals surface area contributed by atoms with Crippen molar-refractivity contribution in [3.63, 3.8) is 0 Å². The number of hydrogen-bond acceptors (Lipinski definition) is 3. The van der Waals surface area contributed by atoms with Crippen LogP contribution in [0.3, 0.4) is 0 Å². The fourth-order valence-corrected chi connectivity index (χ4v) is 2.27. The molecule has 0 spiro atoms. The summed E-state index contributed by atoms with van der Waals surface area (Å²) in [4.78, 5) is 0. The average molecular weight is 273 g/mol. The predicted molar refractivity (Wildman–Crippen MR) is 81.3 cm³/mol. The summed E-state index contributed by atoms with van der Waals surface area (Å²) in [5.41, 5.74) is 1.08. The second-order valence-corrected chi connectivity index (χ2v) is 5.52. The van der Waals surface area contributed by atoms with Crippen LogP contribution in [-0.4, -0.2) is 17.8 Å². The molecule has 0 radical (unpaired) electrons. The van der Waals surface area contributed by atoms with Crippen LogP contribution >= 0.6 is 0 Å². The highest BCUT2D eigenvalue weighted by Crippen LogP contribution is 2.21. The van der Waals surface area contributed by atoms with Crippen LogP contribution in [-0.2, 0) is 6.54 Å². The standard InChI is InChI=1S/C17H23NO2/c1-13(2)10-15(12-19)18-11-16-8-9-17(20-16)14-6-4-3-5-7-14/h3-9,13,15,18-19H,10-12H2,1-2H3. The van der Waals surface area contributed by atoms with Crippen LogP contribution in [0.15, 0.2) is 46.9 Å². The molecular weight excluding hydrogens is 250 g/mol. The molecule has 3 heteroatoms. The molecule has 0 bridgehead atoms. The van der Waals surface area contributed by atoms with E-state index in [0.29, 0.717) is 12.5 Å². The third kappa shape index (κ3) is 4.22. The highest BCUT2D eigenvalue weighted by atomic mass is 16.3. The lowest BCUT2D eigenvalue weighted by Crippen LogP contribution is -2.33.